The molecule has 0 bridgehead atoms. The number of hydrogen-bond acceptors (Lipinski definition) is 5. The monoisotopic (exact) mass is 462 g/mol. The quantitative estimate of drug-likeness (QED) is 0.396. The first kappa shape index (κ1) is 23.2. The fraction of sp³-hybridized carbons (Fsp3) is 0.269. The van der Waals surface area contributed by atoms with E-state index in [0.29, 0.717) is 29.2 Å². The number of benzene rings is 2. The van der Waals surface area contributed by atoms with E-state index in [2.05, 4.69) is 15.6 Å². The Morgan fingerprint density at radius 2 is 1.79 bits per heavy atom. The lowest BCUT2D eigenvalue weighted by Gasteiger charge is -2.12. The summed E-state index contributed by atoms with van der Waals surface area (Å²) in [6.07, 6.45) is 0. The number of halogens is 1. The van der Waals surface area contributed by atoms with E-state index in [-0.39, 0.29) is 18.1 Å². The Morgan fingerprint density at radius 3 is 2.50 bits per heavy atom. The van der Waals surface area contributed by atoms with Gasteiger partial charge >= 0.3 is 0 Å². The summed E-state index contributed by atoms with van der Waals surface area (Å²) in [6, 6.07) is 12.3. The van der Waals surface area contributed by atoms with Gasteiger partial charge in [0.2, 0.25) is 0 Å². The molecule has 0 saturated heterocycles. The zero-order valence-corrected chi connectivity index (χ0v) is 19.9. The van der Waals surface area contributed by atoms with Crippen molar-refractivity contribution in [2.75, 3.05) is 5.32 Å². The maximum Gasteiger partial charge on any atom is 0.278 e. The van der Waals surface area contributed by atoms with Gasteiger partial charge in [0.15, 0.2) is 5.69 Å². The molecule has 2 aromatic carbocycles. The summed E-state index contributed by atoms with van der Waals surface area (Å²) in [7, 11) is 0. The average Bonchev–Trinajstić information content (AvgIpc) is 3.28. The van der Waals surface area contributed by atoms with Crippen molar-refractivity contribution in [3.8, 4) is 5.75 Å². The van der Waals surface area contributed by atoms with Gasteiger partial charge in [-0.25, -0.2) is 4.39 Å². The van der Waals surface area contributed by atoms with Crippen LogP contribution < -0.4 is 10.1 Å². The molecule has 0 saturated carbocycles. The molecule has 0 spiro atoms. The summed E-state index contributed by atoms with van der Waals surface area (Å²) >= 11 is 0. The van der Waals surface area contributed by atoms with Crippen LogP contribution in [0.5, 0.6) is 5.75 Å². The minimum Gasteiger partial charge on any atom is -0.488 e. The number of rotatable bonds is 7. The van der Waals surface area contributed by atoms with Gasteiger partial charge < -0.3 is 14.6 Å². The summed E-state index contributed by atoms with van der Waals surface area (Å²) in [5.41, 5.74) is 5.54. The van der Waals surface area contributed by atoms with Gasteiger partial charge in [-0.05, 0) is 63.4 Å². The van der Waals surface area contributed by atoms with Crippen molar-refractivity contribution in [3.63, 3.8) is 0 Å². The Morgan fingerprint density at radius 1 is 1.09 bits per heavy atom. The number of ether oxygens (including phenoxy) is 1. The molecule has 0 aliphatic heterocycles. The van der Waals surface area contributed by atoms with Crippen molar-refractivity contribution in [3.05, 3.63) is 93.4 Å². The Balaban J connectivity index is 1.53. The van der Waals surface area contributed by atoms with E-state index < -0.39 is 5.91 Å². The highest BCUT2D eigenvalue weighted by atomic mass is 19.1. The second kappa shape index (κ2) is 9.51. The van der Waals surface area contributed by atoms with Gasteiger partial charge in [0.25, 0.3) is 5.91 Å². The van der Waals surface area contributed by atoms with Crippen molar-refractivity contribution in [1.82, 2.24) is 14.9 Å². The normalized spacial score (nSPS) is 11.0. The number of carbonyl (C=O) groups is 1. The average molecular weight is 463 g/mol. The van der Waals surface area contributed by atoms with Gasteiger partial charge in [-0.2, -0.15) is 5.10 Å². The van der Waals surface area contributed by atoms with Crippen molar-refractivity contribution >= 4 is 11.6 Å². The summed E-state index contributed by atoms with van der Waals surface area (Å²) in [5.74, 6) is 0.587. The predicted octanol–water partition coefficient (Wildman–Crippen LogP) is 5.43. The van der Waals surface area contributed by atoms with Crippen LogP contribution in [-0.4, -0.2) is 20.8 Å². The number of aryl methyl sites for hydroxylation is 4. The van der Waals surface area contributed by atoms with Crippen LogP contribution >= 0.6 is 0 Å². The fourth-order valence-electron chi connectivity index (χ4n) is 3.92. The number of carbonyl (C=O) groups excluding carboxylic acids is 1. The van der Waals surface area contributed by atoms with E-state index in [4.69, 9.17) is 9.26 Å². The molecule has 2 heterocycles. The second-order valence-electron chi connectivity index (χ2n) is 8.36. The van der Waals surface area contributed by atoms with Crippen LogP contribution in [0.4, 0.5) is 10.1 Å². The molecule has 0 unspecified atom stereocenters. The maximum atomic E-state index is 13.6. The van der Waals surface area contributed by atoms with Gasteiger partial charge in [-0.1, -0.05) is 35.5 Å². The van der Waals surface area contributed by atoms with E-state index in [1.165, 1.54) is 12.1 Å². The third kappa shape index (κ3) is 4.71. The summed E-state index contributed by atoms with van der Waals surface area (Å²) in [4.78, 5) is 13.1. The Hall–Kier alpha value is -3.94. The van der Waals surface area contributed by atoms with Crippen molar-refractivity contribution in [2.45, 2.75) is 47.8 Å². The highest BCUT2D eigenvalue weighted by Gasteiger charge is 2.23. The third-order valence-corrected chi connectivity index (χ3v) is 5.81. The summed E-state index contributed by atoms with van der Waals surface area (Å²) in [5, 5.41) is 11.4. The molecule has 7 nitrogen and oxygen atoms in total. The van der Waals surface area contributed by atoms with Gasteiger partial charge in [-0.15, -0.1) is 0 Å². The molecule has 0 radical (unpaired) electrons. The van der Waals surface area contributed by atoms with Gasteiger partial charge in [0, 0.05) is 0 Å². The molecular formula is C26H27FN4O3. The maximum absolute atomic E-state index is 13.6. The van der Waals surface area contributed by atoms with Crippen LogP contribution in [-0.2, 0) is 13.2 Å². The summed E-state index contributed by atoms with van der Waals surface area (Å²) in [6.45, 7) is 9.91. The molecule has 1 N–H and O–H groups in total. The Labute approximate surface area is 197 Å². The first-order chi connectivity index (χ1) is 16.2. The van der Waals surface area contributed by atoms with Gasteiger partial charge in [0.1, 0.15) is 23.9 Å². The molecule has 0 atom stereocenters. The molecule has 34 heavy (non-hydrogen) atoms. The highest BCUT2D eigenvalue weighted by molar-refractivity contribution is 6.04. The number of anilines is 1. The van der Waals surface area contributed by atoms with Crippen LogP contribution in [0.2, 0.25) is 0 Å². The van der Waals surface area contributed by atoms with E-state index in [1.54, 1.807) is 17.7 Å². The number of nitrogens with zero attached hydrogens (tertiary/aromatic N) is 3. The smallest absolute Gasteiger partial charge is 0.278 e. The minimum atomic E-state index is -0.409. The van der Waals surface area contributed by atoms with Crippen LogP contribution in [0.3, 0.4) is 0 Å². The lowest BCUT2D eigenvalue weighted by atomic mass is 10.1. The molecule has 4 aromatic rings. The topological polar surface area (TPSA) is 82.2 Å². The minimum absolute atomic E-state index is 0.153. The SMILES string of the molecule is Cc1cccc(C)c1OCc1c(C(=O)Nc2c(C)nn(Cc3cccc(F)c3)c2C)noc1C. The number of hydrogen-bond donors (Lipinski definition) is 1. The van der Waals surface area contributed by atoms with Gasteiger partial charge in [0.05, 0.1) is 29.2 Å². The van der Waals surface area contributed by atoms with Gasteiger partial charge in [-0.3, -0.25) is 9.48 Å². The number of aromatic nitrogens is 3. The van der Waals surface area contributed by atoms with Crippen LogP contribution in [0.15, 0.2) is 47.0 Å². The molecule has 8 heteroatoms. The van der Waals surface area contributed by atoms with Crippen molar-refractivity contribution < 1.29 is 18.4 Å². The predicted molar refractivity (Wildman–Crippen MR) is 127 cm³/mol. The lowest BCUT2D eigenvalue weighted by molar-refractivity contribution is 0.101. The van der Waals surface area contributed by atoms with Crippen LogP contribution in [0, 0.1) is 40.4 Å². The molecule has 2 aromatic heterocycles. The van der Waals surface area contributed by atoms with Crippen LogP contribution in [0.25, 0.3) is 0 Å². The van der Waals surface area contributed by atoms with Crippen molar-refractivity contribution in [2.24, 2.45) is 0 Å². The third-order valence-electron chi connectivity index (χ3n) is 5.81. The largest absolute Gasteiger partial charge is 0.488 e. The fourth-order valence-corrected chi connectivity index (χ4v) is 3.92. The first-order valence-corrected chi connectivity index (χ1v) is 11.0. The van der Waals surface area contributed by atoms with Crippen LogP contribution in [0.1, 0.15) is 49.9 Å². The summed E-state index contributed by atoms with van der Waals surface area (Å²) < 4.78 is 26.6. The molecule has 0 aliphatic rings. The zero-order chi connectivity index (χ0) is 24.4. The number of nitrogens with one attached hydrogen (secondary N) is 1. The Kier molecular flexibility index (Phi) is 6.49. The standard InChI is InChI=1S/C26H27FN4O3/c1-15-8-6-9-16(2)25(15)33-14-22-19(5)34-30-24(22)26(32)28-23-17(3)29-31(18(23)4)13-20-10-7-11-21(27)12-20/h6-12H,13-14H2,1-5H3,(H,28,32). The number of amides is 1. The molecule has 0 aliphatic carbocycles. The Bertz CT molecular complexity index is 1340. The number of para-hydroxylation sites is 1. The molecule has 1 amide bonds. The molecule has 176 valence electrons. The molecule has 4 rings (SSSR count). The molecular weight excluding hydrogens is 435 g/mol. The molecule has 0 fully saturated rings. The first-order valence-electron chi connectivity index (χ1n) is 11.0. The van der Waals surface area contributed by atoms with Crippen molar-refractivity contribution in [1.29, 1.82) is 0 Å². The highest BCUT2D eigenvalue weighted by Crippen LogP contribution is 2.26. The zero-order valence-electron chi connectivity index (χ0n) is 19.9. The van der Waals surface area contributed by atoms with E-state index >= 15 is 0 Å². The van der Waals surface area contributed by atoms with E-state index in [1.807, 2.05) is 52.0 Å². The lowest BCUT2D eigenvalue weighted by Crippen LogP contribution is -2.16. The van der Waals surface area contributed by atoms with E-state index in [9.17, 15) is 9.18 Å². The second-order valence-corrected chi connectivity index (χ2v) is 8.36. The van der Waals surface area contributed by atoms with E-state index in [0.717, 1.165) is 28.1 Å².